The second-order valence-electron chi connectivity index (χ2n) is 5.90. The molecule has 1 aromatic heterocycles. The fourth-order valence-corrected chi connectivity index (χ4v) is 2.72. The minimum absolute atomic E-state index is 0.292. The van der Waals surface area contributed by atoms with Gasteiger partial charge < -0.3 is 0 Å². The number of hydrogen-bond donors (Lipinski definition) is 0. The molecule has 0 radical (unpaired) electrons. The van der Waals surface area contributed by atoms with E-state index in [0.29, 0.717) is 5.54 Å². The van der Waals surface area contributed by atoms with Crippen molar-refractivity contribution in [1.82, 2.24) is 14.8 Å². The average molecular weight is 312 g/mol. The molecule has 0 aromatic carbocycles. The van der Waals surface area contributed by atoms with Gasteiger partial charge in [-0.25, -0.2) is 0 Å². The third-order valence-electron chi connectivity index (χ3n) is 3.49. The number of halogens is 1. The molecule has 3 nitrogen and oxygen atoms in total. The normalized spacial score (nSPS) is 19.1. The molecule has 0 amide bonds. The van der Waals surface area contributed by atoms with E-state index >= 15 is 0 Å². The van der Waals surface area contributed by atoms with Gasteiger partial charge in [0, 0.05) is 48.9 Å². The molecule has 2 rings (SSSR count). The number of hydrogen-bond acceptors (Lipinski definition) is 3. The van der Waals surface area contributed by atoms with Crippen LogP contribution in [-0.4, -0.2) is 46.5 Å². The van der Waals surface area contributed by atoms with E-state index in [2.05, 4.69) is 57.6 Å². The van der Waals surface area contributed by atoms with Gasteiger partial charge in [-0.3, -0.25) is 14.8 Å². The summed E-state index contributed by atoms with van der Waals surface area (Å²) >= 11 is 3.50. The lowest BCUT2D eigenvalue weighted by atomic mass is 10.0. The highest BCUT2D eigenvalue weighted by atomic mass is 79.9. The summed E-state index contributed by atoms with van der Waals surface area (Å²) in [4.78, 5) is 9.45. The Morgan fingerprint density at radius 1 is 1.22 bits per heavy atom. The predicted molar refractivity (Wildman–Crippen MR) is 78.5 cm³/mol. The minimum atomic E-state index is 0.292. The van der Waals surface area contributed by atoms with Crippen molar-refractivity contribution in [3.8, 4) is 0 Å². The predicted octanol–water partition coefficient (Wildman–Crippen LogP) is 2.76. The number of pyridine rings is 1. The summed E-state index contributed by atoms with van der Waals surface area (Å²) in [6, 6.07) is 4.08. The van der Waals surface area contributed by atoms with Gasteiger partial charge in [-0.2, -0.15) is 0 Å². The van der Waals surface area contributed by atoms with Crippen molar-refractivity contribution < 1.29 is 0 Å². The van der Waals surface area contributed by atoms with Crippen LogP contribution in [0, 0.1) is 0 Å². The van der Waals surface area contributed by atoms with E-state index in [9.17, 15) is 0 Å². The SMILES string of the molecule is CC(C)(C)N1CCN(Cc2cc(Br)ccn2)CC1. The topological polar surface area (TPSA) is 19.4 Å². The highest BCUT2D eigenvalue weighted by molar-refractivity contribution is 9.10. The standard InChI is InChI=1S/C14H22BrN3/c1-14(2,3)18-8-6-17(7-9-18)11-13-10-12(15)4-5-16-13/h4-5,10H,6-9,11H2,1-3H3. The zero-order valence-corrected chi connectivity index (χ0v) is 13.1. The molecule has 4 heteroatoms. The van der Waals surface area contributed by atoms with Gasteiger partial charge in [-0.1, -0.05) is 15.9 Å². The first-order chi connectivity index (χ1) is 8.45. The summed E-state index contributed by atoms with van der Waals surface area (Å²) in [6.07, 6.45) is 1.87. The molecule has 0 bridgehead atoms. The molecule has 0 N–H and O–H groups in total. The van der Waals surface area contributed by atoms with Crippen molar-refractivity contribution in [2.75, 3.05) is 26.2 Å². The second kappa shape index (κ2) is 5.68. The van der Waals surface area contributed by atoms with Gasteiger partial charge in [-0.05, 0) is 32.9 Å². The van der Waals surface area contributed by atoms with Crippen LogP contribution in [0.25, 0.3) is 0 Å². The van der Waals surface area contributed by atoms with Crippen molar-refractivity contribution in [3.05, 3.63) is 28.5 Å². The van der Waals surface area contributed by atoms with E-state index in [1.807, 2.05) is 12.3 Å². The largest absolute Gasteiger partial charge is 0.296 e. The zero-order chi connectivity index (χ0) is 13.2. The van der Waals surface area contributed by atoms with Crippen molar-refractivity contribution in [2.45, 2.75) is 32.9 Å². The van der Waals surface area contributed by atoms with E-state index in [0.717, 1.165) is 42.9 Å². The molecule has 1 saturated heterocycles. The molecule has 0 aliphatic carbocycles. The molecule has 100 valence electrons. The lowest BCUT2D eigenvalue weighted by Crippen LogP contribution is -2.53. The van der Waals surface area contributed by atoms with Gasteiger partial charge in [0.25, 0.3) is 0 Å². The highest BCUT2D eigenvalue weighted by Gasteiger charge is 2.25. The van der Waals surface area contributed by atoms with Crippen LogP contribution in [0.4, 0.5) is 0 Å². The maximum Gasteiger partial charge on any atom is 0.0555 e. The van der Waals surface area contributed by atoms with Crippen LogP contribution >= 0.6 is 15.9 Å². The first-order valence-corrected chi connectivity index (χ1v) is 7.32. The van der Waals surface area contributed by atoms with Crippen molar-refractivity contribution >= 4 is 15.9 Å². The summed E-state index contributed by atoms with van der Waals surface area (Å²) in [6.45, 7) is 12.4. The Morgan fingerprint density at radius 3 is 2.44 bits per heavy atom. The van der Waals surface area contributed by atoms with Crippen LogP contribution in [0.2, 0.25) is 0 Å². The molecule has 18 heavy (non-hydrogen) atoms. The maximum absolute atomic E-state index is 4.42. The molecule has 2 heterocycles. The smallest absolute Gasteiger partial charge is 0.0555 e. The van der Waals surface area contributed by atoms with E-state index in [4.69, 9.17) is 0 Å². The molecule has 1 fully saturated rings. The van der Waals surface area contributed by atoms with Crippen molar-refractivity contribution in [1.29, 1.82) is 0 Å². The Labute approximate surface area is 118 Å². The molecule has 0 atom stereocenters. The summed E-state index contributed by atoms with van der Waals surface area (Å²) < 4.78 is 1.11. The summed E-state index contributed by atoms with van der Waals surface area (Å²) in [5.74, 6) is 0. The molecule has 0 spiro atoms. The summed E-state index contributed by atoms with van der Waals surface area (Å²) in [5.41, 5.74) is 1.44. The second-order valence-corrected chi connectivity index (χ2v) is 6.82. The van der Waals surface area contributed by atoms with Gasteiger partial charge in [0.1, 0.15) is 0 Å². The monoisotopic (exact) mass is 311 g/mol. The van der Waals surface area contributed by atoms with Crippen molar-refractivity contribution in [2.24, 2.45) is 0 Å². The number of nitrogens with zero attached hydrogens (tertiary/aromatic N) is 3. The summed E-state index contributed by atoms with van der Waals surface area (Å²) in [7, 11) is 0. The molecule has 0 saturated carbocycles. The Morgan fingerprint density at radius 2 is 1.89 bits per heavy atom. The van der Waals surface area contributed by atoms with Gasteiger partial charge in [-0.15, -0.1) is 0 Å². The van der Waals surface area contributed by atoms with Crippen LogP contribution < -0.4 is 0 Å². The molecule has 0 unspecified atom stereocenters. The zero-order valence-electron chi connectivity index (χ0n) is 11.5. The van der Waals surface area contributed by atoms with Gasteiger partial charge in [0.05, 0.1) is 5.69 Å². The van der Waals surface area contributed by atoms with Gasteiger partial charge in [0.2, 0.25) is 0 Å². The lowest BCUT2D eigenvalue weighted by Gasteiger charge is -2.42. The highest BCUT2D eigenvalue weighted by Crippen LogP contribution is 2.17. The van der Waals surface area contributed by atoms with Gasteiger partial charge in [0.15, 0.2) is 0 Å². The van der Waals surface area contributed by atoms with Crippen LogP contribution in [0.3, 0.4) is 0 Å². The quantitative estimate of drug-likeness (QED) is 0.837. The van der Waals surface area contributed by atoms with Crippen LogP contribution in [0.5, 0.6) is 0 Å². The Hall–Kier alpha value is -0.450. The molecule has 1 aliphatic rings. The number of piperazine rings is 1. The third-order valence-corrected chi connectivity index (χ3v) is 3.98. The van der Waals surface area contributed by atoms with Gasteiger partial charge >= 0.3 is 0 Å². The Balaban J connectivity index is 1.87. The third kappa shape index (κ3) is 3.77. The Kier molecular flexibility index (Phi) is 4.41. The molecular formula is C14H22BrN3. The van der Waals surface area contributed by atoms with E-state index in [1.54, 1.807) is 0 Å². The fraction of sp³-hybridized carbons (Fsp3) is 0.643. The first kappa shape index (κ1) is 14.0. The van der Waals surface area contributed by atoms with Crippen molar-refractivity contribution in [3.63, 3.8) is 0 Å². The first-order valence-electron chi connectivity index (χ1n) is 6.53. The van der Waals surface area contributed by atoms with E-state index in [1.165, 1.54) is 0 Å². The van der Waals surface area contributed by atoms with Crippen LogP contribution in [0.15, 0.2) is 22.8 Å². The fourth-order valence-electron chi connectivity index (χ4n) is 2.34. The summed E-state index contributed by atoms with van der Waals surface area (Å²) in [5, 5.41) is 0. The van der Waals surface area contributed by atoms with E-state index < -0.39 is 0 Å². The van der Waals surface area contributed by atoms with Crippen LogP contribution in [-0.2, 0) is 6.54 Å². The Bertz CT molecular complexity index is 392. The lowest BCUT2D eigenvalue weighted by molar-refractivity contribution is 0.0586. The molecule has 1 aliphatic heterocycles. The van der Waals surface area contributed by atoms with Crippen LogP contribution in [0.1, 0.15) is 26.5 Å². The molecular weight excluding hydrogens is 290 g/mol. The number of aromatic nitrogens is 1. The minimum Gasteiger partial charge on any atom is -0.296 e. The molecule has 1 aromatic rings. The van der Waals surface area contributed by atoms with E-state index in [-0.39, 0.29) is 0 Å². The number of rotatable bonds is 2. The average Bonchev–Trinajstić information content (AvgIpc) is 2.28. The maximum atomic E-state index is 4.42.